The highest BCUT2D eigenvalue weighted by Gasteiger charge is 2.48. The van der Waals surface area contributed by atoms with Crippen LogP contribution in [0.3, 0.4) is 0 Å². The predicted molar refractivity (Wildman–Crippen MR) is 45.9 cm³/mol. The van der Waals surface area contributed by atoms with Crippen LogP contribution >= 0.6 is 11.3 Å². The molecule has 0 N–H and O–H groups in total. The Hall–Kier alpha value is -0.630. The van der Waals surface area contributed by atoms with E-state index in [-0.39, 0.29) is 5.41 Å². The zero-order chi connectivity index (χ0) is 7.90. The summed E-state index contributed by atoms with van der Waals surface area (Å²) in [4.78, 5) is 11.2. The molecule has 58 valence electrons. The summed E-state index contributed by atoms with van der Waals surface area (Å²) < 4.78 is 0. The Labute approximate surface area is 70.1 Å². The van der Waals surface area contributed by atoms with Gasteiger partial charge >= 0.3 is 0 Å². The van der Waals surface area contributed by atoms with E-state index in [1.807, 2.05) is 5.38 Å². The maximum absolute atomic E-state index is 11.2. The first-order valence-electron chi connectivity index (χ1n) is 3.79. The van der Waals surface area contributed by atoms with E-state index in [0.717, 1.165) is 12.8 Å². The summed E-state index contributed by atoms with van der Waals surface area (Å²) in [5, 5.41) is 4.13. The molecule has 1 aliphatic rings. The number of hydrogen-bond acceptors (Lipinski definition) is 2. The zero-order valence-corrected chi connectivity index (χ0v) is 7.28. The highest BCUT2D eigenvalue weighted by molar-refractivity contribution is 7.08. The van der Waals surface area contributed by atoms with Crippen LogP contribution < -0.4 is 0 Å². The second-order valence-corrected chi connectivity index (χ2v) is 3.93. The average molecular weight is 166 g/mol. The number of Topliss-reactive ketones (excluding diaryl/α,β-unsaturated/α-hetero) is 1. The molecule has 0 unspecified atom stereocenters. The van der Waals surface area contributed by atoms with E-state index in [2.05, 4.69) is 11.4 Å². The van der Waals surface area contributed by atoms with Crippen molar-refractivity contribution in [1.29, 1.82) is 0 Å². The molecule has 0 aliphatic heterocycles. The minimum atomic E-state index is -0.0556. The van der Waals surface area contributed by atoms with Crippen molar-refractivity contribution >= 4 is 17.1 Å². The fourth-order valence-corrected chi connectivity index (χ4v) is 2.26. The second-order valence-electron chi connectivity index (χ2n) is 3.15. The fraction of sp³-hybridized carbons (Fsp3) is 0.444. The third-order valence-corrected chi connectivity index (χ3v) is 3.18. The van der Waals surface area contributed by atoms with E-state index in [1.54, 1.807) is 18.3 Å². The van der Waals surface area contributed by atoms with Gasteiger partial charge in [-0.15, -0.1) is 0 Å². The van der Waals surface area contributed by atoms with Gasteiger partial charge in [0.2, 0.25) is 0 Å². The first-order valence-corrected chi connectivity index (χ1v) is 4.74. The van der Waals surface area contributed by atoms with Gasteiger partial charge in [-0.05, 0) is 42.2 Å². The molecule has 1 fully saturated rings. The van der Waals surface area contributed by atoms with Gasteiger partial charge in [-0.25, -0.2) is 0 Å². The maximum atomic E-state index is 11.2. The molecule has 0 atom stereocenters. The number of thiophene rings is 1. The van der Waals surface area contributed by atoms with Crippen LogP contribution in [0.4, 0.5) is 0 Å². The predicted octanol–water partition coefficient (Wildman–Crippen LogP) is 2.37. The van der Waals surface area contributed by atoms with E-state index < -0.39 is 0 Å². The van der Waals surface area contributed by atoms with Crippen molar-refractivity contribution in [1.82, 2.24) is 0 Å². The normalized spacial score (nSPS) is 19.7. The van der Waals surface area contributed by atoms with Gasteiger partial charge in [0.05, 0.1) is 5.41 Å². The highest BCUT2D eigenvalue weighted by Crippen LogP contribution is 2.49. The number of carbonyl (C=O) groups is 1. The third-order valence-electron chi connectivity index (χ3n) is 2.50. The standard InChI is InChI=1S/C9H10OS/c1-7(10)9(3-4-9)8-2-5-11-6-8/h2,5-6H,3-4H2,1H3. The number of ketones is 1. The summed E-state index contributed by atoms with van der Waals surface area (Å²) in [6.45, 7) is 1.70. The van der Waals surface area contributed by atoms with Crippen LogP contribution in [-0.2, 0) is 10.2 Å². The molecule has 0 aromatic carbocycles. The molecular weight excluding hydrogens is 156 g/mol. The smallest absolute Gasteiger partial charge is 0.140 e. The quantitative estimate of drug-likeness (QED) is 0.659. The van der Waals surface area contributed by atoms with Gasteiger partial charge in [0, 0.05) is 0 Å². The van der Waals surface area contributed by atoms with Gasteiger partial charge in [-0.3, -0.25) is 4.79 Å². The molecule has 0 bridgehead atoms. The minimum Gasteiger partial charge on any atom is -0.299 e. The first-order chi connectivity index (χ1) is 5.26. The molecule has 1 nitrogen and oxygen atoms in total. The Morgan fingerprint density at radius 1 is 1.64 bits per heavy atom. The maximum Gasteiger partial charge on any atom is 0.140 e. The third kappa shape index (κ3) is 0.932. The fourth-order valence-electron chi connectivity index (χ4n) is 1.51. The van der Waals surface area contributed by atoms with Gasteiger partial charge in [-0.2, -0.15) is 11.3 Å². The number of hydrogen-bond donors (Lipinski definition) is 0. The van der Waals surface area contributed by atoms with Crippen molar-refractivity contribution < 1.29 is 4.79 Å². The van der Waals surface area contributed by atoms with Crippen LogP contribution in [0.2, 0.25) is 0 Å². The molecule has 0 spiro atoms. The van der Waals surface area contributed by atoms with Crippen LogP contribution in [0.1, 0.15) is 25.3 Å². The van der Waals surface area contributed by atoms with Crippen LogP contribution in [0, 0.1) is 0 Å². The van der Waals surface area contributed by atoms with Gasteiger partial charge < -0.3 is 0 Å². The lowest BCUT2D eigenvalue weighted by Gasteiger charge is -2.07. The van der Waals surface area contributed by atoms with Crippen molar-refractivity contribution in [2.24, 2.45) is 0 Å². The lowest BCUT2D eigenvalue weighted by Crippen LogP contribution is -2.15. The Morgan fingerprint density at radius 2 is 2.36 bits per heavy atom. The van der Waals surface area contributed by atoms with Gasteiger partial charge in [0.15, 0.2) is 0 Å². The molecule has 1 heterocycles. The van der Waals surface area contributed by atoms with Crippen LogP contribution in [-0.4, -0.2) is 5.78 Å². The minimum absolute atomic E-state index is 0.0556. The highest BCUT2D eigenvalue weighted by atomic mass is 32.1. The van der Waals surface area contributed by atoms with E-state index >= 15 is 0 Å². The molecule has 1 aliphatic carbocycles. The molecule has 1 saturated carbocycles. The second kappa shape index (κ2) is 2.18. The molecule has 1 aromatic rings. The summed E-state index contributed by atoms with van der Waals surface area (Å²) in [6, 6.07) is 2.07. The van der Waals surface area contributed by atoms with Crippen molar-refractivity contribution in [3.05, 3.63) is 22.4 Å². The molecule has 11 heavy (non-hydrogen) atoms. The monoisotopic (exact) mass is 166 g/mol. The summed E-state index contributed by atoms with van der Waals surface area (Å²) >= 11 is 1.67. The molecule has 2 heteroatoms. The van der Waals surface area contributed by atoms with Gasteiger partial charge in [0.1, 0.15) is 5.78 Å². The van der Waals surface area contributed by atoms with E-state index in [0.29, 0.717) is 5.78 Å². The van der Waals surface area contributed by atoms with Crippen molar-refractivity contribution in [2.75, 3.05) is 0 Å². The summed E-state index contributed by atoms with van der Waals surface area (Å²) in [6.07, 6.45) is 2.11. The average Bonchev–Trinajstić information content (AvgIpc) is 2.61. The van der Waals surface area contributed by atoms with E-state index in [9.17, 15) is 4.79 Å². The van der Waals surface area contributed by atoms with Crippen LogP contribution in [0.5, 0.6) is 0 Å². The Balaban J connectivity index is 2.36. The Bertz CT molecular complexity index is 270. The summed E-state index contributed by atoms with van der Waals surface area (Å²) in [7, 11) is 0. The Morgan fingerprint density at radius 3 is 2.73 bits per heavy atom. The molecule has 2 rings (SSSR count). The summed E-state index contributed by atoms with van der Waals surface area (Å²) in [5.41, 5.74) is 1.18. The van der Waals surface area contributed by atoms with Crippen LogP contribution in [0.25, 0.3) is 0 Å². The van der Waals surface area contributed by atoms with Crippen LogP contribution in [0.15, 0.2) is 16.8 Å². The van der Waals surface area contributed by atoms with Crippen molar-refractivity contribution in [2.45, 2.75) is 25.2 Å². The molecular formula is C9H10OS. The number of carbonyl (C=O) groups excluding carboxylic acids is 1. The molecule has 0 radical (unpaired) electrons. The lowest BCUT2D eigenvalue weighted by atomic mass is 9.95. The molecule has 1 aromatic heterocycles. The lowest BCUT2D eigenvalue weighted by molar-refractivity contribution is -0.119. The van der Waals surface area contributed by atoms with Crippen molar-refractivity contribution in [3.63, 3.8) is 0 Å². The van der Waals surface area contributed by atoms with E-state index in [4.69, 9.17) is 0 Å². The largest absolute Gasteiger partial charge is 0.299 e. The molecule has 0 saturated heterocycles. The SMILES string of the molecule is CC(=O)C1(c2ccsc2)CC1. The summed E-state index contributed by atoms with van der Waals surface area (Å²) in [5.74, 6) is 0.330. The zero-order valence-electron chi connectivity index (χ0n) is 6.46. The first kappa shape index (κ1) is 7.04. The van der Waals surface area contributed by atoms with Crippen molar-refractivity contribution in [3.8, 4) is 0 Å². The van der Waals surface area contributed by atoms with Gasteiger partial charge in [0.25, 0.3) is 0 Å². The topological polar surface area (TPSA) is 17.1 Å². The van der Waals surface area contributed by atoms with Gasteiger partial charge in [-0.1, -0.05) is 0 Å². The Kier molecular flexibility index (Phi) is 1.39. The number of rotatable bonds is 2. The molecule has 0 amide bonds. The van der Waals surface area contributed by atoms with E-state index in [1.165, 1.54) is 5.56 Å².